The van der Waals surface area contributed by atoms with Crippen LogP contribution in [0.25, 0.3) is 0 Å². The number of pyridine rings is 1. The van der Waals surface area contributed by atoms with Crippen molar-refractivity contribution >= 4 is 11.7 Å². The molecular formula is C11H12N4O2. The molecule has 2 aromatic heterocycles. The van der Waals surface area contributed by atoms with E-state index in [1.807, 2.05) is 6.92 Å². The highest BCUT2D eigenvalue weighted by Crippen LogP contribution is 2.08. The molecule has 0 saturated carbocycles. The largest absolute Gasteiger partial charge is 0.328 e. The molecule has 2 N–H and O–H groups in total. The topological polar surface area (TPSA) is 79.8 Å². The molecule has 0 saturated heterocycles. The maximum atomic E-state index is 11.8. The van der Waals surface area contributed by atoms with Crippen molar-refractivity contribution in [2.24, 2.45) is 7.05 Å². The van der Waals surface area contributed by atoms with E-state index in [0.29, 0.717) is 11.4 Å². The van der Waals surface area contributed by atoms with Gasteiger partial charge in [-0.1, -0.05) is 0 Å². The molecule has 0 bridgehead atoms. The van der Waals surface area contributed by atoms with E-state index in [-0.39, 0.29) is 11.5 Å². The van der Waals surface area contributed by atoms with E-state index in [1.165, 1.54) is 18.3 Å². The quantitative estimate of drug-likeness (QED) is 0.798. The molecular weight excluding hydrogens is 220 g/mol. The molecule has 0 radical (unpaired) electrons. The van der Waals surface area contributed by atoms with Crippen molar-refractivity contribution in [3.63, 3.8) is 0 Å². The van der Waals surface area contributed by atoms with Gasteiger partial charge in [-0.2, -0.15) is 5.10 Å². The third-order valence-corrected chi connectivity index (χ3v) is 2.40. The molecule has 0 aliphatic heterocycles. The molecule has 6 heteroatoms. The normalized spacial score (nSPS) is 10.2. The number of nitrogens with zero attached hydrogens (tertiary/aromatic N) is 2. The number of aromatic nitrogens is 3. The lowest BCUT2D eigenvalue weighted by Gasteiger charge is -2.00. The van der Waals surface area contributed by atoms with Gasteiger partial charge in [-0.3, -0.25) is 14.3 Å². The highest BCUT2D eigenvalue weighted by molar-refractivity contribution is 6.03. The number of nitrogens with one attached hydrogen (secondary N) is 2. The van der Waals surface area contributed by atoms with Crippen LogP contribution >= 0.6 is 0 Å². The van der Waals surface area contributed by atoms with Gasteiger partial charge in [0.25, 0.3) is 5.91 Å². The Balaban J connectivity index is 2.16. The average molecular weight is 232 g/mol. The number of amides is 1. The second kappa shape index (κ2) is 4.25. The third-order valence-electron chi connectivity index (χ3n) is 2.40. The highest BCUT2D eigenvalue weighted by atomic mass is 16.2. The SMILES string of the molecule is Cc1cc(NC(=O)c2ccc(=O)[nH]c2)nn1C. The summed E-state index contributed by atoms with van der Waals surface area (Å²) >= 11 is 0. The third kappa shape index (κ3) is 2.41. The summed E-state index contributed by atoms with van der Waals surface area (Å²) in [6.07, 6.45) is 1.37. The molecule has 0 aliphatic carbocycles. The zero-order valence-corrected chi connectivity index (χ0v) is 9.52. The van der Waals surface area contributed by atoms with Crippen molar-refractivity contribution in [2.75, 3.05) is 5.32 Å². The van der Waals surface area contributed by atoms with Gasteiger partial charge in [-0.25, -0.2) is 0 Å². The first-order valence-corrected chi connectivity index (χ1v) is 5.07. The lowest BCUT2D eigenvalue weighted by atomic mass is 10.2. The molecule has 0 spiro atoms. The maximum absolute atomic E-state index is 11.8. The standard InChI is InChI=1S/C11H12N4O2/c1-7-5-9(14-15(7)2)13-11(17)8-3-4-10(16)12-6-8/h3-6H,1-2H3,(H,12,16)(H,13,14,17). The number of carbonyl (C=O) groups excluding carboxylic acids is 1. The summed E-state index contributed by atoms with van der Waals surface area (Å²) in [4.78, 5) is 25.1. The van der Waals surface area contributed by atoms with Crippen molar-refractivity contribution < 1.29 is 4.79 Å². The van der Waals surface area contributed by atoms with Gasteiger partial charge in [0.1, 0.15) is 0 Å². The zero-order chi connectivity index (χ0) is 12.4. The molecule has 17 heavy (non-hydrogen) atoms. The summed E-state index contributed by atoms with van der Waals surface area (Å²) in [6, 6.07) is 4.53. The predicted octanol–water partition coefficient (Wildman–Crippen LogP) is 0.669. The fourth-order valence-corrected chi connectivity index (χ4v) is 1.36. The Hall–Kier alpha value is -2.37. The first kappa shape index (κ1) is 11.1. The number of anilines is 1. The number of hydrogen-bond donors (Lipinski definition) is 2. The van der Waals surface area contributed by atoms with Gasteiger partial charge in [0, 0.05) is 31.1 Å². The molecule has 0 aromatic carbocycles. The van der Waals surface area contributed by atoms with E-state index >= 15 is 0 Å². The minimum absolute atomic E-state index is 0.241. The molecule has 0 fully saturated rings. The molecule has 2 aromatic rings. The molecule has 0 atom stereocenters. The molecule has 1 amide bonds. The predicted molar refractivity (Wildman–Crippen MR) is 63.0 cm³/mol. The number of aromatic amines is 1. The van der Waals surface area contributed by atoms with Crippen molar-refractivity contribution in [1.29, 1.82) is 0 Å². The Morgan fingerprint density at radius 3 is 2.76 bits per heavy atom. The lowest BCUT2D eigenvalue weighted by molar-refractivity contribution is 0.102. The number of H-pyrrole nitrogens is 1. The van der Waals surface area contributed by atoms with E-state index < -0.39 is 0 Å². The van der Waals surface area contributed by atoms with Gasteiger partial charge in [-0.15, -0.1) is 0 Å². The summed E-state index contributed by atoms with van der Waals surface area (Å²) < 4.78 is 1.67. The van der Waals surface area contributed by atoms with Crippen LogP contribution < -0.4 is 10.9 Å². The fraction of sp³-hybridized carbons (Fsp3) is 0.182. The smallest absolute Gasteiger partial charge is 0.258 e. The van der Waals surface area contributed by atoms with E-state index in [0.717, 1.165) is 5.69 Å². The Morgan fingerprint density at radius 1 is 1.47 bits per heavy atom. The number of carbonyl (C=O) groups is 1. The molecule has 88 valence electrons. The monoisotopic (exact) mass is 232 g/mol. The summed E-state index contributed by atoms with van der Waals surface area (Å²) in [5.41, 5.74) is 1.09. The van der Waals surface area contributed by atoms with Crippen molar-refractivity contribution in [3.05, 3.63) is 46.0 Å². The molecule has 0 unspecified atom stereocenters. The van der Waals surface area contributed by atoms with Gasteiger partial charge in [0.05, 0.1) is 5.56 Å². The minimum Gasteiger partial charge on any atom is -0.328 e. The van der Waals surface area contributed by atoms with E-state index in [4.69, 9.17) is 0 Å². The van der Waals surface area contributed by atoms with Crippen LogP contribution in [0.4, 0.5) is 5.82 Å². The van der Waals surface area contributed by atoms with E-state index in [2.05, 4.69) is 15.4 Å². The molecule has 2 heterocycles. The lowest BCUT2D eigenvalue weighted by Crippen LogP contribution is -2.14. The fourth-order valence-electron chi connectivity index (χ4n) is 1.36. The van der Waals surface area contributed by atoms with Crippen LogP contribution in [-0.2, 0) is 7.05 Å². The second-order valence-electron chi connectivity index (χ2n) is 3.69. The van der Waals surface area contributed by atoms with Crippen LogP contribution in [0.2, 0.25) is 0 Å². The van der Waals surface area contributed by atoms with E-state index in [1.54, 1.807) is 17.8 Å². The van der Waals surface area contributed by atoms with Crippen molar-refractivity contribution in [1.82, 2.24) is 14.8 Å². The summed E-state index contributed by atoms with van der Waals surface area (Å²) in [5, 5.41) is 6.75. The Bertz CT molecular complexity index is 572. The molecule has 0 aliphatic rings. The minimum atomic E-state index is -0.306. The van der Waals surface area contributed by atoms with Crippen molar-refractivity contribution in [2.45, 2.75) is 6.92 Å². The summed E-state index contributed by atoms with van der Waals surface area (Å²) in [5.74, 6) is 0.181. The second-order valence-corrected chi connectivity index (χ2v) is 3.69. The first-order valence-electron chi connectivity index (χ1n) is 5.07. The van der Waals surface area contributed by atoms with Crippen molar-refractivity contribution in [3.8, 4) is 0 Å². The van der Waals surface area contributed by atoms with Gasteiger partial charge in [-0.05, 0) is 13.0 Å². The number of hydrogen-bond acceptors (Lipinski definition) is 3. The Kier molecular flexibility index (Phi) is 2.78. The molecule has 2 rings (SSSR count). The zero-order valence-electron chi connectivity index (χ0n) is 9.52. The van der Waals surface area contributed by atoms with Crippen LogP contribution in [0.5, 0.6) is 0 Å². The van der Waals surface area contributed by atoms with E-state index in [9.17, 15) is 9.59 Å². The molecule has 6 nitrogen and oxygen atoms in total. The first-order chi connectivity index (χ1) is 8.06. The van der Waals surface area contributed by atoms with Crippen LogP contribution in [0.1, 0.15) is 16.1 Å². The average Bonchev–Trinajstić information content (AvgIpc) is 2.58. The Morgan fingerprint density at radius 2 is 2.24 bits per heavy atom. The van der Waals surface area contributed by atoms with Crippen LogP contribution in [-0.4, -0.2) is 20.7 Å². The Labute approximate surface area is 97.3 Å². The van der Waals surface area contributed by atoms with Gasteiger partial charge < -0.3 is 10.3 Å². The maximum Gasteiger partial charge on any atom is 0.258 e. The van der Waals surface area contributed by atoms with Gasteiger partial charge >= 0.3 is 0 Å². The van der Waals surface area contributed by atoms with Crippen LogP contribution in [0.3, 0.4) is 0 Å². The van der Waals surface area contributed by atoms with Crippen LogP contribution in [0, 0.1) is 6.92 Å². The van der Waals surface area contributed by atoms with Gasteiger partial charge in [0.2, 0.25) is 5.56 Å². The summed E-state index contributed by atoms with van der Waals surface area (Å²) in [6.45, 7) is 1.89. The number of aryl methyl sites for hydroxylation is 2. The summed E-state index contributed by atoms with van der Waals surface area (Å²) in [7, 11) is 1.80. The van der Waals surface area contributed by atoms with Crippen LogP contribution in [0.15, 0.2) is 29.2 Å². The van der Waals surface area contributed by atoms with Gasteiger partial charge in [0.15, 0.2) is 5.82 Å². The highest BCUT2D eigenvalue weighted by Gasteiger charge is 2.08. The number of rotatable bonds is 2.